The number of halogens is 1. The van der Waals surface area contributed by atoms with Crippen LogP contribution in [0, 0.1) is 5.95 Å². The summed E-state index contributed by atoms with van der Waals surface area (Å²) in [6.45, 7) is 1.99. The molecule has 2 aliphatic rings. The molecule has 28 heavy (non-hydrogen) atoms. The molecule has 1 aliphatic heterocycles. The maximum absolute atomic E-state index is 13.4. The van der Waals surface area contributed by atoms with Gasteiger partial charge >= 0.3 is 0 Å². The van der Waals surface area contributed by atoms with Crippen molar-refractivity contribution in [3.05, 3.63) is 36.0 Å². The summed E-state index contributed by atoms with van der Waals surface area (Å²) in [5, 5.41) is 19.8. The van der Waals surface area contributed by atoms with Crippen LogP contribution in [0.2, 0.25) is 0 Å². The molecule has 0 amide bonds. The highest BCUT2D eigenvalue weighted by Gasteiger charge is 2.24. The maximum Gasteiger partial charge on any atom is 0.229 e. The molecular weight excluding hydrogens is 359 g/mol. The van der Waals surface area contributed by atoms with Gasteiger partial charge < -0.3 is 21.1 Å². The van der Waals surface area contributed by atoms with E-state index in [0.717, 1.165) is 63.0 Å². The van der Waals surface area contributed by atoms with Crippen LogP contribution in [-0.4, -0.2) is 45.3 Å². The maximum atomic E-state index is 13.4. The monoisotopic (exact) mass is 386 g/mol. The van der Waals surface area contributed by atoms with Crippen molar-refractivity contribution in [2.75, 3.05) is 23.7 Å². The van der Waals surface area contributed by atoms with Gasteiger partial charge in [-0.1, -0.05) is 0 Å². The van der Waals surface area contributed by atoms with Gasteiger partial charge in [-0.05, 0) is 63.6 Å². The Labute approximate surface area is 164 Å². The number of hydrogen-bond donors (Lipinski definition) is 4. The molecule has 150 valence electrons. The van der Waals surface area contributed by atoms with E-state index in [4.69, 9.17) is 4.98 Å². The van der Waals surface area contributed by atoms with Crippen molar-refractivity contribution in [3.63, 3.8) is 0 Å². The van der Waals surface area contributed by atoms with E-state index in [1.165, 1.54) is 12.3 Å². The third-order valence-electron chi connectivity index (χ3n) is 5.62. The Morgan fingerprint density at radius 3 is 2.61 bits per heavy atom. The normalized spacial score (nSPS) is 23.4. The molecule has 0 unspecified atom stereocenters. The van der Waals surface area contributed by atoms with E-state index in [1.807, 2.05) is 6.20 Å². The first-order valence-electron chi connectivity index (χ1n) is 10.1. The van der Waals surface area contributed by atoms with Crippen molar-refractivity contribution in [1.29, 1.82) is 0 Å². The van der Waals surface area contributed by atoms with Gasteiger partial charge in [0.2, 0.25) is 11.9 Å². The molecule has 1 saturated carbocycles. The Morgan fingerprint density at radius 2 is 1.86 bits per heavy atom. The van der Waals surface area contributed by atoms with Crippen molar-refractivity contribution in [2.45, 2.75) is 56.6 Å². The molecule has 0 radical (unpaired) electrons. The molecule has 2 aromatic rings. The van der Waals surface area contributed by atoms with E-state index in [-0.39, 0.29) is 6.10 Å². The second-order valence-corrected chi connectivity index (χ2v) is 7.66. The Balaban J connectivity index is 1.56. The van der Waals surface area contributed by atoms with E-state index < -0.39 is 5.95 Å². The van der Waals surface area contributed by atoms with E-state index in [0.29, 0.717) is 23.6 Å². The summed E-state index contributed by atoms with van der Waals surface area (Å²) < 4.78 is 13.4. The first kappa shape index (κ1) is 19.0. The molecule has 3 heterocycles. The van der Waals surface area contributed by atoms with Crippen LogP contribution >= 0.6 is 0 Å². The van der Waals surface area contributed by atoms with Crippen LogP contribution in [0.5, 0.6) is 0 Å². The van der Waals surface area contributed by atoms with Gasteiger partial charge in [-0.3, -0.25) is 0 Å². The minimum absolute atomic E-state index is 0.189. The van der Waals surface area contributed by atoms with Crippen molar-refractivity contribution in [3.8, 4) is 0 Å². The predicted molar refractivity (Wildman–Crippen MR) is 106 cm³/mol. The zero-order chi connectivity index (χ0) is 19.3. The average molecular weight is 386 g/mol. The lowest BCUT2D eigenvalue weighted by atomic mass is 9.90. The van der Waals surface area contributed by atoms with E-state index in [9.17, 15) is 9.50 Å². The molecule has 8 heteroatoms. The molecule has 2 fully saturated rings. The highest BCUT2D eigenvalue weighted by atomic mass is 19.1. The lowest BCUT2D eigenvalue weighted by Crippen LogP contribution is -2.30. The third kappa shape index (κ3) is 4.74. The molecular formula is C20H27FN6O. The number of hydrogen-bond acceptors (Lipinski definition) is 7. The first-order valence-corrected chi connectivity index (χ1v) is 10.1. The highest BCUT2D eigenvalue weighted by molar-refractivity contribution is 5.56. The van der Waals surface area contributed by atoms with Crippen molar-refractivity contribution < 1.29 is 9.50 Å². The van der Waals surface area contributed by atoms with Crippen LogP contribution in [0.1, 0.15) is 50.0 Å². The third-order valence-corrected chi connectivity index (χ3v) is 5.62. The lowest BCUT2D eigenvalue weighted by Gasteiger charge is -2.29. The molecule has 0 atom stereocenters. The van der Waals surface area contributed by atoms with Gasteiger partial charge in [0.15, 0.2) is 0 Å². The van der Waals surface area contributed by atoms with Gasteiger partial charge in [0.1, 0.15) is 5.82 Å². The van der Waals surface area contributed by atoms with Gasteiger partial charge in [0, 0.05) is 35.8 Å². The molecule has 0 aromatic carbocycles. The Morgan fingerprint density at radius 1 is 1.07 bits per heavy atom. The second-order valence-electron chi connectivity index (χ2n) is 7.66. The summed E-state index contributed by atoms with van der Waals surface area (Å²) in [7, 11) is 0. The summed E-state index contributed by atoms with van der Waals surface area (Å²) in [4.78, 5) is 12.8. The largest absolute Gasteiger partial charge is 0.393 e. The average Bonchev–Trinajstić information content (AvgIpc) is 2.71. The molecule has 1 saturated heterocycles. The number of aliphatic hydroxyl groups is 1. The quantitative estimate of drug-likeness (QED) is 0.587. The van der Waals surface area contributed by atoms with Gasteiger partial charge in [-0.25, -0.2) is 9.97 Å². The topological polar surface area (TPSA) is 95.0 Å². The minimum atomic E-state index is -0.546. The van der Waals surface area contributed by atoms with Crippen LogP contribution in [0.15, 0.2) is 24.5 Å². The fraction of sp³-hybridized carbons (Fsp3) is 0.550. The van der Waals surface area contributed by atoms with E-state index >= 15 is 0 Å². The Kier molecular flexibility index (Phi) is 5.97. The highest BCUT2D eigenvalue weighted by Crippen LogP contribution is 2.32. The van der Waals surface area contributed by atoms with Crippen molar-refractivity contribution >= 4 is 17.5 Å². The van der Waals surface area contributed by atoms with Crippen LogP contribution < -0.4 is 16.0 Å². The number of aromatic nitrogens is 3. The van der Waals surface area contributed by atoms with E-state index in [1.54, 1.807) is 6.07 Å². The fourth-order valence-corrected chi connectivity index (χ4v) is 4.02. The molecule has 0 spiro atoms. The summed E-state index contributed by atoms with van der Waals surface area (Å²) in [6, 6.07) is 3.30. The Hall–Kier alpha value is -2.32. The van der Waals surface area contributed by atoms with Crippen LogP contribution in [0.4, 0.5) is 21.8 Å². The molecule has 1 aliphatic carbocycles. The number of pyridine rings is 1. The first-order chi connectivity index (χ1) is 13.7. The summed E-state index contributed by atoms with van der Waals surface area (Å²) in [6.07, 6.45) is 8.71. The fourth-order valence-electron chi connectivity index (χ4n) is 4.02. The number of nitrogens with one attached hydrogen (secondary N) is 3. The van der Waals surface area contributed by atoms with Crippen LogP contribution in [0.25, 0.3) is 0 Å². The summed E-state index contributed by atoms with van der Waals surface area (Å²) in [5.74, 6) is 1.16. The molecule has 2 aromatic heterocycles. The zero-order valence-electron chi connectivity index (χ0n) is 15.9. The molecule has 0 bridgehead atoms. The van der Waals surface area contributed by atoms with Crippen LogP contribution in [-0.2, 0) is 0 Å². The van der Waals surface area contributed by atoms with Crippen molar-refractivity contribution in [1.82, 2.24) is 20.3 Å². The standard InChI is InChI=1S/C20H27FN6O/c21-18-11-15(7-10-23-18)26-20-24-12-17(13-5-8-22-9-6-13)19(27-20)25-14-1-3-16(28)4-2-14/h7,10-14,16,22,28H,1-6,8-9H2,(H2,23,24,25,26,27). The van der Waals surface area contributed by atoms with E-state index in [2.05, 4.69) is 25.9 Å². The van der Waals surface area contributed by atoms with Gasteiger partial charge in [-0.2, -0.15) is 9.37 Å². The van der Waals surface area contributed by atoms with Gasteiger partial charge in [0.05, 0.1) is 6.10 Å². The SMILES string of the molecule is OC1CCC(Nc2nc(Nc3ccnc(F)c3)ncc2C2CCNCC2)CC1. The number of piperidine rings is 1. The lowest BCUT2D eigenvalue weighted by molar-refractivity contribution is 0.126. The number of nitrogens with zero attached hydrogens (tertiary/aromatic N) is 3. The predicted octanol–water partition coefficient (Wildman–Crippen LogP) is 2.94. The Bertz CT molecular complexity index is 790. The number of aliphatic hydroxyl groups excluding tert-OH is 1. The zero-order valence-corrected chi connectivity index (χ0v) is 15.9. The summed E-state index contributed by atoms with van der Waals surface area (Å²) >= 11 is 0. The minimum Gasteiger partial charge on any atom is -0.393 e. The number of anilines is 3. The number of rotatable bonds is 5. The smallest absolute Gasteiger partial charge is 0.229 e. The van der Waals surface area contributed by atoms with Gasteiger partial charge in [-0.15, -0.1) is 0 Å². The molecule has 7 nitrogen and oxygen atoms in total. The summed E-state index contributed by atoms with van der Waals surface area (Å²) in [5.41, 5.74) is 1.70. The van der Waals surface area contributed by atoms with Crippen molar-refractivity contribution in [2.24, 2.45) is 0 Å². The molecule has 4 rings (SSSR count). The molecule has 4 N–H and O–H groups in total. The second kappa shape index (κ2) is 8.79. The van der Waals surface area contributed by atoms with Crippen LogP contribution in [0.3, 0.4) is 0 Å². The van der Waals surface area contributed by atoms with Gasteiger partial charge in [0.25, 0.3) is 0 Å².